The van der Waals surface area contributed by atoms with Crippen molar-refractivity contribution in [3.8, 4) is 0 Å². The number of piperidine rings is 1. The van der Waals surface area contributed by atoms with E-state index in [-0.39, 0.29) is 17.0 Å². The van der Waals surface area contributed by atoms with Crippen LogP contribution in [-0.2, 0) is 14.8 Å². The summed E-state index contributed by atoms with van der Waals surface area (Å²) in [6, 6.07) is 6.56. The Morgan fingerprint density at radius 2 is 2.12 bits per heavy atom. The standard InChI is InChI=1S/C17H25FN2O3S/c1-2-24(21,22)20-8-4-7-17(13-20)12-19(9-10-23-14-17)16-6-3-5-15(18)11-16/h3,5-6,11H,2,4,7-10,12-14H2,1H3. The van der Waals surface area contributed by atoms with Crippen LogP contribution in [0.15, 0.2) is 24.3 Å². The van der Waals surface area contributed by atoms with Gasteiger partial charge in [0.05, 0.1) is 19.0 Å². The lowest BCUT2D eigenvalue weighted by molar-refractivity contribution is 0.0351. The highest BCUT2D eigenvalue weighted by Gasteiger charge is 2.41. The second kappa shape index (κ2) is 6.98. The quantitative estimate of drug-likeness (QED) is 0.832. The topological polar surface area (TPSA) is 49.9 Å². The van der Waals surface area contributed by atoms with Crippen LogP contribution in [0, 0.1) is 11.2 Å². The molecule has 134 valence electrons. The molecule has 0 bridgehead atoms. The number of ether oxygens (including phenoxy) is 1. The number of benzene rings is 1. The second-order valence-electron chi connectivity index (χ2n) is 6.79. The summed E-state index contributed by atoms with van der Waals surface area (Å²) in [4.78, 5) is 2.12. The first-order chi connectivity index (χ1) is 11.4. The number of hydrogen-bond donors (Lipinski definition) is 0. The van der Waals surface area contributed by atoms with Crippen molar-refractivity contribution < 1.29 is 17.5 Å². The first kappa shape index (κ1) is 17.6. The Morgan fingerprint density at radius 3 is 2.88 bits per heavy atom. The van der Waals surface area contributed by atoms with Crippen molar-refractivity contribution in [1.29, 1.82) is 0 Å². The van der Waals surface area contributed by atoms with E-state index in [0.29, 0.717) is 39.4 Å². The van der Waals surface area contributed by atoms with Gasteiger partial charge in [0.2, 0.25) is 10.0 Å². The fraction of sp³-hybridized carbons (Fsp3) is 0.647. The predicted molar refractivity (Wildman–Crippen MR) is 92.1 cm³/mol. The molecule has 5 nitrogen and oxygen atoms in total. The molecule has 1 aromatic rings. The average Bonchev–Trinajstić information content (AvgIpc) is 2.78. The molecule has 1 spiro atoms. The van der Waals surface area contributed by atoms with Crippen molar-refractivity contribution >= 4 is 15.7 Å². The minimum Gasteiger partial charge on any atom is -0.379 e. The Balaban J connectivity index is 1.83. The zero-order valence-electron chi connectivity index (χ0n) is 14.1. The zero-order valence-corrected chi connectivity index (χ0v) is 14.9. The Hall–Kier alpha value is -1.18. The Kier molecular flexibility index (Phi) is 5.13. The SMILES string of the molecule is CCS(=O)(=O)N1CCCC2(COCCN(c3cccc(F)c3)C2)C1. The minimum absolute atomic E-state index is 0.123. The lowest BCUT2D eigenvalue weighted by Gasteiger charge is -2.43. The van der Waals surface area contributed by atoms with Crippen LogP contribution in [0.3, 0.4) is 0 Å². The Bertz CT molecular complexity index is 682. The van der Waals surface area contributed by atoms with Crippen LogP contribution < -0.4 is 4.90 Å². The molecule has 1 aromatic carbocycles. The van der Waals surface area contributed by atoms with E-state index in [1.54, 1.807) is 17.3 Å². The molecule has 0 amide bonds. The van der Waals surface area contributed by atoms with Crippen LogP contribution >= 0.6 is 0 Å². The maximum absolute atomic E-state index is 13.6. The fourth-order valence-corrected chi connectivity index (χ4v) is 4.96. The predicted octanol–water partition coefficient (Wildman–Crippen LogP) is 2.09. The second-order valence-corrected chi connectivity index (χ2v) is 9.05. The lowest BCUT2D eigenvalue weighted by Crippen LogP contribution is -2.52. The average molecular weight is 356 g/mol. The monoisotopic (exact) mass is 356 g/mol. The molecule has 1 atom stereocenters. The van der Waals surface area contributed by atoms with Crippen molar-refractivity contribution in [2.75, 3.05) is 50.0 Å². The molecule has 2 fully saturated rings. The third-order valence-corrected chi connectivity index (χ3v) is 6.83. The highest BCUT2D eigenvalue weighted by molar-refractivity contribution is 7.89. The molecule has 1 unspecified atom stereocenters. The van der Waals surface area contributed by atoms with E-state index >= 15 is 0 Å². The molecule has 0 radical (unpaired) electrons. The molecular formula is C17H25FN2O3S. The first-order valence-corrected chi connectivity index (χ1v) is 10.1. The van der Waals surface area contributed by atoms with Gasteiger partial charge in [0.1, 0.15) is 5.82 Å². The van der Waals surface area contributed by atoms with Gasteiger partial charge in [-0.3, -0.25) is 0 Å². The number of hydrogen-bond acceptors (Lipinski definition) is 4. The summed E-state index contributed by atoms with van der Waals surface area (Å²) < 4.78 is 45.6. The fourth-order valence-electron chi connectivity index (χ4n) is 3.72. The van der Waals surface area contributed by atoms with Gasteiger partial charge in [0.15, 0.2) is 0 Å². The Labute approximate surface area is 143 Å². The highest BCUT2D eigenvalue weighted by Crippen LogP contribution is 2.35. The highest BCUT2D eigenvalue weighted by atomic mass is 32.2. The van der Waals surface area contributed by atoms with E-state index in [2.05, 4.69) is 4.90 Å². The Morgan fingerprint density at radius 1 is 1.29 bits per heavy atom. The molecule has 7 heteroatoms. The number of sulfonamides is 1. The number of anilines is 1. The van der Waals surface area contributed by atoms with Gasteiger partial charge >= 0.3 is 0 Å². The van der Waals surface area contributed by atoms with Gasteiger partial charge in [-0.05, 0) is 38.0 Å². The van der Waals surface area contributed by atoms with Gasteiger partial charge in [0, 0.05) is 37.3 Å². The van der Waals surface area contributed by atoms with Gasteiger partial charge in [0.25, 0.3) is 0 Å². The van der Waals surface area contributed by atoms with Crippen molar-refractivity contribution in [2.45, 2.75) is 19.8 Å². The van der Waals surface area contributed by atoms with Gasteiger partial charge in [-0.25, -0.2) is 17.1 Å². The van der Waals surface area contributed by atoms with Gasteiger partial charge in [-0.15, -0.1) is 0 Å². The molecule has 0 aliphatic carbocycles. The zero-order chi connectivity index (χ0) is 17.2. The summed E-state index contributed by atoms with van der Waals surface area (Å²) in [6.45, 7) is 5.23. The van der Waals surface area contributed by atoms with E-state index < -0.39 is 10.0 Å². The summed E-state index contributed by atoms with van der Waals surface area (Å²) in [7, 11) is -3.20. The molecule has 0 saturated carbocycles. The molecule has 0 aromatic heterocycles. The molecule has 2 saturated heterocycles. The van der Waals surface area contributed by atoms with E-state index in [1.807, 2.05) is 6.07 Å². The van der Waals surface area contributed by atoms with Crippen molar-refractivity contribution in [3.05, 3.63) is 30.1 Å². The molecule has 2 aliphatic rings. The summed E-state index contributed by atoms with van der Waals surface area (Å²) in [5, 5.41) is 0. The van der Waals surface area contributed by atoms with Crippen molar-refractivity contribution in [1.82, 2.24) is 4.31 Å². The maximum Gasteiger partial charge on any atom is 0.213 e. The van der Waals surface area contributed by atoms with Crippen molar-refractivity contribution in [3.63, 3.8) is 0 Å². The molecule has 0 N–H and O–H groups in total. The van der Waals surface area contributed by atoms with Gasteiger partial charge in [-0.1, -0.05) is 6.07 Å². The normalized spacial score (nSPS) is 26.5. The van der Waals surface area contributed by atoms with Crippen LogP contribution in [0.25, 0.3) is 0 Å². The smallest absolute Gasteiger partial charge is 0.213 e. The summed E-state index contributed by atoms with van der Waals surface area (Å²) in [5.74, 6) is -0.136. The van der Waals surface area contributed by atoms with Crippen LogP contribution in [0.4, 0.5) is 10.1 Å². The van der Waals surface area contributed by atoms with E-state index in [0.717, 1.165) is 18.5 Å². The van der Waals surface area contributed by atoms with E-state index in [9.17, 15) is 12.8 Å². The summed E-state index contributed by atoms with van der Waals surface area (Å²) >= 11 is 0. The molecular weight excluding hydrogens is 331 g/mol. The number of nitrogens with zero attached hydrogens (tertiary/aromatic N) is 2. The first-order valence-electron chi connectivity index (χ1n) is 8.50. The number of halogens is 1. The molecule has 3 rings (SSSR count). The van der Waals surface area contributed by atoms with Crippen molar-refractivity contribution in [2.24, 2.45) is 5.41 Å². The summed E-state index contributed by atoms with van der Waals surface area (Å²) in [6.07, 6.45) is 1.76. The molecule has 24 heavy (non-hydrogen) atoms. The van der Waals surface area contributed by atoms with Gasteiger partial charge in [-0.2, -0.15) is 0 Å². The molecule has 2 heterocycles. The molecule has 2 aliphatic heterocycles. The minimum atomic E-state index is -3.20. The van der Waals surface area contributed by atoms with Crippen LogP contribution in [0.1, 0.15) is 19.8 Å². The van der Waals surface area contributed by atoms with E-state index in [1.165, 1.54) is 12.1 Å². The maximum atomic E-state index is 13.6. The third-order valence-electron chi connectivity index (χ3n) is 5.00. The van der Waals surface area contributed by atoms with Crippen LogP contribution in [0.5, 0.6) is 0 Å². The summed E-state index contributed by atoms with van der Waals surface area (Å²) in [5.41, 5.74) is 0.596. The lowest BCUT2D eigenvalue weighted by atomic mass is 9.81. The van der Waals surface area contributed by atoms with Crippen LogP contribution in [0.2, 0.25) is 0 Å². The van der Waals surface area contributed by atoms with Gasteiger partial charge < -0.3 is 9.64 Å². The largest absolute Gasteiger partial charge is 0.379 e. The number of rotatable bonds is 3. The third kappa shape index (κ3) is 3.73. The van der Waals surface area contributed by atoms with E-state index in [4.69, 9.17) is 4.74 Å². The van der Waals surface area contributed by atoms with Crippen LogP contribution in [-0.4, -0.2) is 57.9 Å².